The quantitative estimate of drug-likeness (QED) is 0.674. The molecule has 0 saturated carbocycles. The third-order valence-corrected chi connectivity index (χ3v) is 3.39. The van der Waals surface area contributed by atoms with E-state index in [1.165, 1.54) is 6.07 Å². The van der Waals surface area contributed by atoms with Crippen LogP contribution in [0.5, 0.6) is 0 Å². The predicted octanol–water partition coefficient (Wildman–Crippen LogP) is 4.29. The van der Waals surface area contributed by atoms with Crippen molar-refractivity contribution in [2.45, 2.75) is 13.0 Å². The molecule has 0 aromatic heterocycles. The van der Waals surface area contributed by atoms with Crippen LogP contribution < -0.4 is 5.32 Å². The molecular weight excluding hydrogens is 290 g/mol. The van der Waals surface area contributed by atoms with Gasteiger partial charge in [-0.1, -0.05) is 29.8 Å². The van der Waals surface area contributed by atoms with Gasteiger partial charge in [-0.2, -0.15) is 5.26 Å². The molecule has 2 aromatic rings. The van der Waals surface area contributed by atoms with Gasteiger partial charge in [0.25, 0.3) is 5.69 Å². The normalized spacial score (nSPS) is 11.5. The van der Waals surface area contributed by atoms with E-state index in [2.05, 4.69) is 5.32 Å². The maximum Gasteiger partial charge on any atom is 0.274 e. The Balaban J connectivity index is 2.26. The minimum atomic E-state index is -0.404. The average Bonchev–Trinajstić information content (AvgIpc) is 2.47. The molecule has 0 aliphatic rings. The van der Waals surface area contributed by atoms with Gasteiger partial charge in [0, 0.05) is 11.8 Å². The van der Waals surface area contributed by atoms with Crippen LogP contribution in [0.4, 0.5) is 11.4 Å². The maximum absolute atomic E-state index is 11.0. The van der Waals surface area contributed by atoms with Crippen molar-refractivity contribution in [1.82, 2.24) is 0 Å². The van der Waals surface area contributed by atoms with Crippen molar-refractivity contribution >= 4 is 23.0 Å². The molecule has 1 unspecified atom stereocenters. The molecule has 2 rings (SSSR count). The number of hydrogen-bond donors (Lipinski definition) is 1. The van der Waals surface area contributed by atoms with E-state index in [-0.39, 0.29) is 11.7 Å². The van der Waals surface area contributed by atoms with Crippen molar-refractivity contribution in [3.8, 4) is 6.07 Å². The van der Waals surface area contributed by atoms with Crippen LogP contribution in [0.1, 0.15) is 24.1 Å². The molecule has 1 atom stereocenters. The highest BCUT2D eigenvalue weighted by Gasteiger charge is 2.18. The van der Waals surface area contributed by atoms with E-state index in [1.807, 2.05) is 13.0 Å². The zero-order chi connectivity index (χ0) is 15.4. The third-order valence-electron chi connectivity index (χ3n) is 3.07. The first-order valence-corrected chi connectivity index (χ1v) is 6.60. The van der Waals surface area contributed by atoms with Gasteiger partial charge in [0.2, 0.25) is 0 Å². The van der Waals surface area contributed by atoms with Crippen LogP contribution in [0.15, 0.2) is 42.5 Å². The maximum atomic E-state index is 11.0. The predicted molar refractivity (Wildman–Crippen MR) is 81.3 cm³/mol. The number of rotatable bonds is 4. The summed E-state index contributed by atoms with van der Waals surface area (Å²) in [5, 5.41) is 23.4. The number of halogens is 1. The Kier molecular flexibility index (Phi) is 4.41. The molecule has 0 spiro atoms. The SMILES string of the molecule is CC(Nc1ccc(C#N)c(Cl)c1)c1ccccc1[N+](=O)[O-]. The Morgan fingerprint density at radius 1 is 1.33 bits per heavy atom. The van der Waals surface area contributed by atoms with Gasteiger partial charge < -0.3 is 5.32 Å². The Bertz CT molecular complexity index is 725. The Morgan fingerprint density at radius 3 is 2.67 bits per heavy atom. The van der Waals surface area contributed by atoms with Crippen LogP contribution in [0.25, 0.3) is 0 Å². The summed E-state index contributed by atoms with van der Waals surface area (Å²) in [5.41, 5.74) is 1.74. The van der Waals surface area contributed by atoms with Gasteiger partial charge in [-0.3, -0.25) is 10.1 Å². The highest BCUT2D eigenvalue weighted by molar-refractivity contribution is 6.32. The summed E-state index contributed by atoms with van der Waals surface area (Å²) < 4.78 is 0. The number of hydrogen-bond acceptors (Lipinski definition) is 4. The topological polar surface area (TPSA) is 79.0 Å². The molecule has 6 heteroatoms. The fourth-order valence-electron chi connectivity index (χ4n) is 2.04. The Labute approximate surface area is 126 Å². The summed E-state index contributed by atoms with van der Waals surface area (Å²) in [6.45, 7) is 1.83. The lowest BCUT2D eigenvalue weighted by molar-refractivity contribution is -0.385. The highest BCUT2D eigenvalue weighted by Crippen LogP contribution is 2.28. The molecule has 0 bridgehead atoms. The lowest BCUT2D eigenvalue weighted by Crippen LogP contribution is -2.09. The van der Waals surface area contributed by atoms with Gasteiger partial charge in [-0.15, -0.1) is 0 Å². The second kappa shape index (κ2) is 6.25. The van der Waals surface area contributed by atoms with Gasteiger partial charge in [0.05, 0.1) is 27.1 Å². The van der Waals surface area contributed by atoms with E-state index >= 15 is 0 Å². The van der Waals surface area contributed by atoms with Crippen LogP contribution in [0, 0.1) is 21.4 Å². The molecule has 0 radical (unpaired) electrons. The summed E-state index contributed by atoms with van der Waals surface area (Å²) >= 11 is 5.97. The highest BCUT2D eigenvalue weighted by atomic mass is 35.5. The molecule has 2 aromatic carbocycles. The second-order valence-corrected chi connectivity index (χ2v) is 4.90. The number of nitrogens with zero attached hydrogens (tertiary/aromatic N) is 2. The van der Waals surface area contributed by atoms with Gasteiger partial charge >= 0.3 is 0 Å². The van der Waals surface area contributed by atoms with Crippen molar-refractivity contribution in [3.05, 3.63) is 68.7 Å². The molecule has 5 nitrogen and oxygen atoms in total. The third kappa shape index (κ3) is 3.30. The number of benzene rings is 2. The van der Waals surface area contributed by atoms with E-state index in [0.717, 1.165) is 0 Å². The molecule has 106 valence electrons. The largest absolute Gasteiger partial charge is 0.378 e. The summed E-state index contributed by atoms with van der Waals surface area (Å²) in [6.07, 6.45) is 0. The lowest BCUT2D eigenvalue weighted by atomic mass is 10.1. The molecule has 0 fully saturated rings. The molecule has 1 N–H and O–H groups in total. The van der Waals surface area contributed by atoms with Gasteiger partial charge in [0.15, 0.2) is 0 Å². The number of nitro benzene ring substituents is 1. The molecular formula is C15H12ClN3O2. The van der Waals surface area contributed by atoms with Crippen molar-refractivity contribution < 1.29 is 4.92 Å². The van der Waals surface area contributed by atoms with Crippen LogP contribution >= 0.6 is 11.6 Å². The lowest BCUT2D eigenvalue weighted by Gasteiger charge is -2.16. The molecule has 0 amide bonds. The molecule has 0 saturated heterocycles. The smallest absolute Gasteiger partial charge is 0.274 e. The number of para-hydroxylation sites is 1. The van der Waals surface area contributed by atoms with Crippen molar-refractivity contribution in [2.75, 3.05) is 5.32 Å². The van der Waals surface area contributed by atoms with E-state index in [4.69, 9.17) is 16.9 Å². The van der Waals surface area contributed by atoms with Crippen molar-refractivity contribution in [1.29, 1.82) is 5.26 Å². The van der Waals surface area contributed by atoms with Crippen LogP contribution in [0.3, 0.4) is 0 Å². The second-order valence-electron chi connectivity index (χ2n) is 4.49. The minimum absolute atomic E-state index is 0.0669. The standard InChI is InChI=1S/C15H12ClN3O2/c1-10(13-4-2-3-5-15(13)19(20)21)18-12-7-6-11(9-17)14(16)8-12/h2-8,10,18H,1H3. The fraction of sp³-hybridized carbons (Fsp3) is 0.133. The number of nitrogens with one attached hydrogen (secondary N) is 1. The monoisotopic (exact) mass is 301 g/mol. The van der Waals surface area contributed by atoms with E-state index < -0.39 is 4.92 Å². The summed E-state index contributed by atoms with van der Waals surface area (Å²) in [7, 11) is 0. The fourth-order valence-corrected chi connectivity index (χ4v) is 2.27. The summed E-state index contributed by atoms with van der Waals surface area (Å²) in [4.78, 5) is 10.6. The number of anilines is 1. The van der Waals surface area contributed by atoms with Crippen LogP contribution in [-0.2, 0) is 0 Å². The molecule has 0 aliphatic heterocycles. The first-order valence-electron chi connectivity index (χ1n) is 6.22. The molecule has 21 heavy (non-hydrogen) atoms. The van der Waals surface area contributed by atoms with Gasteiger partial charge in [0.1, 0.15) is 6.07 Å². The summed E-state index contributed by atoms with van der Waals surface area (Å²) in [5.74, 6) is 0. The van der Waals surface area contributed by atoms with Crippen LogP contribution in [0.2, 0.25) is 5.02 Å². The van der Waals surface area contributed by atoms with Crippen molar-refractivity contribution in [2.24, 2.45) is 0 Å². The zero-order valence-electron chi connectivity index (χ0n) is 11.2. The van der Waals surface area contributed by atoms with Crippen LogP contribution in [-0.4, -0.2) is 4.92 Å². The van der Waals surface area contributed by atoms with E-state index in [0.29, 0.717) is 21.8 Å². The van der Waals surface area contributed by atoms with E-state index in [1.54, 1.807) is 36.4 Å². The molecule has 0 aliphatic carbocycles. The zero-order valence-corrected chi connectivity index (χ0v) is 12.0. The summed E-state index contributed by atoms with van der Waals surface area (Å²) in [6, 6.07) is 13.2. The first-order chi connectivity index (χ1) is 10.0. The van der Waals surface area contributed by atoms with E-state index in [9.17, 15) is 10.1 Å². The minimum Gasteiger partial charge on any atom is -0.378 e. The van der Waals surface area contributed by atoms with Gasteiger partial charge in [-0.05, 0) is 25.1 Å². The first kappa shape index (κ1) is 14.8. The Morgan fingerprint density at radius 2 is 2.05 bits per heavy atom. The number of nitro groups is 1. The average molecular weight is 302 g/mol. The Hall–Kier alpha value is -2.58. The molecule has 0 heterocycles. The van der Waals surface area contributed by atoms with Crippen molar-refractivity contribution in [3.63, 3.8) is 0 Å². The number of nitriles is 1. The van der Waals surface area contributed by atoms with Gasteiger partial charge in [-0.25, -0.2) is 0 Å².